The van der Waals surface area contributed by atoms with Gasteiger partial charge in [0.05, 0.1) is 17.7 Å². The lowest BCUT2D eigenvalue weighted by molar-refractivity contribution is -0.149. The zero-order valence-corrected chi connectivity index (χ0v) is 13.2. The minimum Gasteiger partial charge on any atom is -0.455 e. The summed E-state index contributed by atoms with van der Waals surface area (Å²) in [7, 11) is -3.30. The molecule has 1 heterocycles. The lowest BCUT2D eigenvalue weighted by atomic mass is 10.2. The Hall–Kier alpha value is -2.15. The van der Waals surface area contributed by atoms with E-state index in [1.807, 2.05) is 0 Å². The highest BCUT2D eigenvalue weighted by Crippen LogP contribution is 2.30. The van der Waals surface area contributed by atoms with Crippen LogP contribution in [0, 0.1) is 5.92 Å². The van der Waals surface area contributed by atoms with Crippen LogP contribution in [0.25, 0.3) is 0 Å². The molecule has 0 bridgehead atoms. The Labute approximate surface area is 134 Å². The van der Waals surface area contributed by atoms with E-state index < -0.39 is 21.8 Å². The van der Waals surface area contributed by atoms with Crippen LogP contribution in [0.4, 0.5) is 5.69 Å². The van der Waals surface area contributed by atoms with Crippen LogP contribution in [-0.2, 0) is 24.2 Å². The molecule has 0 spiro atoms. The third-order valence-corrected chi connectivity index (χ3v) is 5.17. The lowest BCUT2D eigenvalue weighted by Gasteiger charge is -2.27. The van der Waals surface area contributed by atoms with Gasteiger partial charge in [-0.2, -0.15) is 0 Å². The van der Waals surface area contributed by atoms with Gasteiger partial charge in [0.25, 0.3) is 5.91 Å². The number of hydrogen-bond donors (Lipinski definition) is 0. The number of amides is 1. The number of hydrogen-bond acceptors (Lipinski definition) is 5. The summed E-state index contributed by atoms with van der Waals surface area (Å²) in [5.41, 5.74) is 0.576. The third kappa shape index (κ3) is 3.79. The van der Waals surface area contributed by atoms with Gasteiger partial charge in [-0.15, -0.1) is 0 Å². The van der Waals surface area contributed by atoms with Gasteiger partial charge in [0.1, 0.15) is 0 Å². The van der Waals surface area contributed by atoms with Crippen molar-refractivity contribution >= 4 is 27.4 Å². The summed E-state index contributed by atoms with van der Waals surface area (Å²) in [6.07, 6.45) is 3.10. The number of rotatable bonds is 5. The number of esters is 1. The SMILES string of the molecule is O=C(OCC(=O)N(c1ccccc1)[C@@H]1C=CS(=O)(=O)C1)C1CC1. The molecular weight excluding hydrogens is 318 g/mol. The smallest absolute Gasteiger partial charge is 0.309 e. The lowest BCUT2D eigenvalue weighted by Crippen LogP contribution is -2.43. The van der Waals surface area contributed by atoms with Crippen molar-refractivity contribution in [2.75, 3.05) is 17.3 Å². The minimum absolute atomic E-state index is 0.0836. The molecule has 1 aliphatic heterocycles. The minimum atomic E-state index is -3.30. The van der Waals surface area contributed by atoms with E-state index in [4.69, 9.17) is 4.74 Å². The molecule has 0 unspecified atom stereocenters. The van der Waals surface area contributed by atoms with Gasteiger partial charge in [-0.25, -0.2) is 8.42 Å². The first kappa shape index (κ1) is 15.7. The Morgan fingerprint density at radius 1 is 1.17 bits per heavy atom. The van der Waals surface area contributed by atoms with Crippen LogP contribution in [-0.4, -0.2) is 38.7 Å². The van der Waals surface area contributed by atoms with Crippen molar-refractivity contribution in [3.8, 4) is 0 Å². The summed E-state index contributed by atoms with van der Waals surface area (Å²) in [6.45, 7) is -0.380. The van der Waals surface area contributed by atoms with Gasteiger partial charge in [-0.1, -0.05) is 18.2 Å². The number of para-hydroxylation sites is 1. The second-order valence-electron chi connectivity index (χ2n) is 5.71. The van der Waals surface area contributed by atoms with E-state index in [2.05, 4.69) is 0 Å². The number of carbonyl (C=O) groups excluding carboxylic acids is 2. The summed E-state index contributed by atoms with van der Waals surface area (Å²) < 4.78 is 28.3. The van der Waals surface area contributed by atoms with Gasteiger partial charge in [-0.3, -0.25) is 9.59 Å². The van der Waals surface area contributed by atoms with E-state index in [9.17, 15) is 18.0 Å². The van der Waals surface area contributed by atoms with Crippen LogP contribution in [0.3, 0.4) is 0 Å². The van der Waals surface area contributed by atoms with E-state index in [1.165, 1.54) is 11.0 Å². The van der Waals surface area contributed by atoms with Gasteiger partial charge in [0, 0.05) is 11.1 Å². The van der Waals surface area contributed by atoms with E-state index in [-0.39, 0.29) is 24.2 Å². The van der Waals surface area contributed by atoms with E-state index in [1.54, 1.807) is 30.3 Å². The average molecular weight is 335 g/mol. The quantitative estimate of drug-likeness (QED) is 0.757. The number of anilines is 1. The molecule has 0 N–H and O–H groups in total. The molecular formula is C16H17NO5S. The van der Waals surface area contributed by atoms with E-state index in [0.29, 0.717) is 5.69 Å². The second-order valence-corrected chi connectivity index (χ2v) is 7.64. The summed E-state index contributed by atoms with van der Waals surface area (Å²) in [5, 5.41) is 1.12. The van der Waals surface area contributed by atoms with Crippen molar-refractivity contribution in [3.05, 3.63) is 41.8 Å². The summed E-state index contributed by atoms with van der Waals surface area (Å²) in [4.78, 5) is 25.5. The van der Waals surface area contributed by atoms with E-state index >= 15 is 0 Å². The van der Waals surface area contributed by atoms with Gasteiger partial charge in [0.15, 0.2) is 16.4 Å². The molecule has 1 atom stereocenters. The van der Waals surface area contributed by atoms with Crippen LogP contribution in [0.15, 0.2) is 41.8 Å². The average Bonchev–Trinajstić information content (AvgIpc) is 3.31. The Morgan fingerprint density at radius 2 is 1.87 bits per heavy atom. The predicted octanol–water partition coefficient (Wildman–Crippen LogP) is 1.28. The molecule has 2 aliphatic rings. The first-order valence-electron chi connectivity index (χ1n) is 7.41. The van der Waals surface area contributed by atoms with Crippen molar-refractivity contribution in [3.63, 3.8) is 0 Å². The van der Waals surface area contributed by atoms with Crippen molar-refractivity contribution in [2.45, 2.75) is 18.9 Å². The van der Waals surface area contributed by atoms with Crippen molar-refractivity contribution in [1.29, 1.82) is 0 Å². The van der Waals surface area contributed by atoms with Crippen LogP contribution in [0.2, 0.25) is 0 Å². The van der Waals surface area contributed by atoms with Crippen molar-refractivity contribution in [2.24, 2.45) is 5.92 Å². The number of ether oxygens (including phenoxy) is 1. The van der Waals surface area contributed by atoms with Crippen molar-refractivity contribution in [1.82, 2.24) is 0 Å². The fraction of sp³-hybridized carbons (Fsp3) is 0.375. The van der Waals surface area contributed by atoms with Crippen LogP contribution in [0.1, 0.15) is 12.8 Å². The fourth-order valence-electron chi connectivity index (χ4n) is 2.47. The monoisotopic (exact) mass is 335 g/mol. The number of sulfone groups is 1. The molecule has 1 aliphatic carbocycles. The maximum atomic E-state index is 12.5. The van der Waals surface area contributed by atoms with Crippen LogP contribution >= 0.6 is 0 Å². The highest BCUT2D eigenvalue weighted by Gasteiger charge is 2.34. The second kappa shape index (κ2) is 6.16. The summed E-state index contributed by atoms with van der Waals surface area (Å²) >= 11 is 0. The van der Waals surface area contributed by atoms with Gasteiger partial charge in [0.2, 0.25) is 0 Å². The number of carbonyl (C=O) groups is 2. The van der Waals surface area contributed by atoms with Crippen LogP contribution in [0.5, 0.6) is 0 Å². The standard InChI is InChI=1S/C16H17NO5S/c18-15(10-22-16(19)12-6-7-12)17(13-4-2-1-3-5-13)14-8-9-23(20,21)11-14/h1-5,8-9,12,14H,6-7,10-11H2/t14-/m1/s1. The Morgan fingerprint density at radius 3 is 2.43 bits per heavy atom. The Balaban J connectivity index is 1.76. The molecule has 3 rings (SSSR count). The Kier molecular flexibility index (Phi) is 4.21. The summed E-state index contributed by atoms with van der Waals surface area (Å²) in [6, 6.07) is 8.19. The zero-order valence-electron chi connectivity index (χ0n) is 12.4. The number of benzene rings is 1. The largest absolute Gasteiger partial charge is 0.455 e. The van der Waals surface area contributed by atoms with Gasteiger partial charge >= 0.3 is 5.97 Å². The molecule has 1 aromatic rings. The molecule has 0 saturated heterocycles. The molecule has 23 heavy (non-hydrogen) atoms. The van der Waals surface area contributed by atoms with Gasteiger partial charge < -0.3 is 9.64 Å². The highest BCUT2D eigenvalue weighted by molar-refractivity contribution is 7.94. The Bertz CT molecular complexity index is 737. The third-order valence-electron chi connectivity index (χ3n) is 3.79. The molecule has 1 aromatic carbocycles. The maximum absolute atomic E-state index is 12.5. The van der Waals surface area contributed by atoms with Crippen molar-refractivity contribution < 1.29 is 22.7 Å². The van der Waals surface area contributed by atoms with E-state index in [0.717, 1.165) is 18.2 Å². The first-order valence-corrected chi connectivity index (χ1v) is 9.12. The molecule has 0 aromatic heterocycles. The predicted molar refractivity (Wildman–Crippen MR) is 84.3 cm³/mol. The molecule has 6 nitrogen and oxygen atoms in total. The maximum Gasteiger partial charge on any atom is 0.309 e. The molecule has 122 valence electrons. The van der Waals surface area contributed by atoms with Crippen LogP contribution < -0.4 is 4.90 Å². The highest BCUT2D eigenvalue weighted by atomic mass is 32.2. The molecule has 1 fully saturated rings. The molecule has 1 amide bonds. The molecule has 7 heteroatoms. The summed E-state index contributed by atoms with van der Waals surface area (Å²) in [5.74, 6) is -1.04. The first-order chi connectivity index (χ1) is 11.0. The fourth-order valence-corrected chi connectivity index (χ4v) is 3.74. The zero-order chi connectivity index (χ0) is 16.4. The molecule has 1 saturated carbocycles. The molecule has 0 radical (unpaired) electrons. The van der Waals surface area contributed by atoms with Gasteiger partial charge in [-0.05, 0) is 31.1 Å². The topological polar surface area (TPSA) is 80.8 Å². The normalized spacial score (nSPS) is 21.8. The number of nitrogens with zero attached hydrogens (tertiary/aromatic N) is 1.